The van der Waals surface area contributed by atoms with Crippen LogP contribution in [0.2, 0.25) is 0 Å². The quantitative estimate of drug-likeness (QED) is 0.848. The SMILES string of the molecule is N#Cc1cc(/C=C/C2CCNCC2)ccc1F. The summed E-state index contributed by atoms with van der Waals surface area (Å²) in [6, 6.07) is 6.49. The molecule has 0 aliphatic carbocycles. The lowest BCUT2D eigenvalue weighted by atomic mass is 9.97. The smallest absolute Gasteiger partial charge is 0.140 e. The third-order valence-electron chi connectivity index (χ3n) is 3.06. The zero-order chi connectivity index (χ0) is 12.1. The van der Waals surface area contributed by atoms with Gasteiger partial charge in [0.15, 0.2) is 0 Å². The van der Waals surface area contributed by atoms with E-state index in [9.17, 15) is 4.39 Å². The van der Waals surface area contributed by atoms with Crippen LogP contribution in [0, 0.1) is 23.1 Å². The maximum Gasteiger partial charge on any atom is 0.140 e. The average Bonchev–Trinajstić information content (AvgIpc) is 2.39. The molecule has 0 radical (unpaired) electrons. The lowest BCUT2D eigenvalue weighted by Gasteiger charge is -2.19. The maximum absolute atomic E-state index is 13.1. The van der Waals surface area contributed by atoms with E-state index in [2.05, 4.69) is 11.4 Å². The summed E-state index contributed by atoms with van der Waals surface area (Å²) < 4.78 is 13.1. The molecule has 17 heavy (non-hydrogen) atoms. The number of benzene rings is 1. The van der Waals surface area contributed by atoms with Crippen molar-refractivity contribution in [2.24, 2.45) is 5.92 Å². The highest BCUT2D eigenvalue weighted by atomic mass is 19.1. The van der Waals surface area contributed by atoms with Crippen LogP contribution in [0.5, 0.6) is 0 Å². The molecular formula is C14H15FN2. The van der Waals surface area contributed by atoms with Crippen LogP contribution in [-0.4, -0.2) is 13.1 Å². The molecule has 1 N–H and O–H groups in total. The van der Waals surface area contributed by atoms with E-state index in [-0.39, 0.29) is 5.56 Å². The first-order valence-corrected chi connectivity index (χ1v) is 5.88. The van der Waals surface area contributed by atoms with Crippen molar-refractivity contribution in [2.45, 2.75) is 12.8 Å². The molecule has 0 unspecified atom stereocenters. The van der Waals surface area contributed by atoms with Gasteiger partial charge in [0, 0.05) is 0 Å². The van der Waals surface area contributed by atoms with Gasteiger partial charge in [-0.3, -0.25) is 0 Å². The van der Waals surface area contributed by atoms with Crippen molar-refractivity contribution in [1.82, 2.24) is 5.32 Å². The number of piperidine rings is 1. The zero-order valence-electron chi connectivity index (χ0n) is 9.62. The third kappa shape index (κ3) is 3.15. The van der Waals surface area contributed by atoms with Crippen molar-refractivity contribution >= 4 is 6.08 Å². The summed E-state index contributed by atoms with van der Waals surface area (Å²) in [5.74, 6) is 0.137. The van der Waals surface area contributed by atoms with Gasteiger partial charge in [0.1, 0.15) is 11.9 Å². The van der Waals surface area contributed by atoms with Gasteiger partial charge in [0.2, 0.25) is 0 Å². The van der Waals surface area contributed by atoms with E-state index < -0.39 is 5.82 Å². The van der Waals surface area contributed by atoms with Crippen molar-refractivity contribution in [1.29, 1.82) is 5.26 Å². The van der Waals surface area contributed by atoms with Gasteiger partial charge in [-0.2, -0.15) is 5.26 Å². The molecule has 0 amide bonds. The predicted octanol–water partition coefficient (Wildman–Crippen LogP) is 2.71. The average molecular weight is 230 g/mol. The Kier molecular flexibility index (Phi) is 3.89. The van der Waals surface area contributed by atoms with Gasteiger partial charge in [-0.15, -0.1) is 0 Å². The molecule has 1 aromatic rings. The first kappa shape index (κ1) is 11.8. The number of hydrogen-bond donors (Lipinski definition) is 1. The Labute approximate surface area is 101 Å². The molecule has 1 fully saturated rings. The van der Waals surface area contributed by atoms with Crippen LogP contribution in [0.1, 0.15) is 24.0 Å². The van der Waals surface area contributed by atoms with Crippen molar-refractivity contribution in [3.8, 4) is 6.07 Å². The summed E-state index contributed by atoms with van der Waals surface area (Å²) in [7, 11) is 0. The predicted molar refractivity (Wildman–Crippen MR) is 65.7 cm³/mol. The Bertz CT molecular complexity index is 454. The first-order chi connectivity index (χ1) is 8.29. The Balaban J connectivity index is 2.07. The van der Waals surface area contributed by atoms with Gasteiger partial charge < -0.3 is 5.32 Å². The van der Waals surface area contributed by atoms with Gasteiger partial charge >= 0.3 is 0 Å². The minimum absolute atomic E-state index is 0.109. The molecule has 1 aromatic carbocycles. The molecule has 1 aliphatic rings. The number of allylic oxidation sites excluding steroid dienone is 1. The number of nitrogens with zero attached hydrogens (tertiary/aromatic N) is 1. The molecule has 0 aromatic heterocycles. The van der Waals surface area contributed by atoms with E-state index in [1.165, 1.54) is 6.07 Å². The molecule has 3 heteroatoms. The summed E-state index contributed by atoms with van der Waals surface area (Å²) in [5.41, 5.74) is 0.999. The summed E-state index contributed by atoms with van der Waals surface area (Å²) >= 11 is 0. The molecule has 0 saturated carbocycles. The number of hydrogen-bond acceptors (Lipinski definition) is 2. The molecule has 2 nitrogen and oxygen atoms in total. The van der Waals surface area contributed by atoms with E-state index in [1.807, 2.05) is 12.1 Å². The van der Waals surface area contributed by atoms with Crippen LogP contribution in [-0.2, 0) is 0 Å². The van der Waals surface area contributed by atoms with Crippen LogP contribution in [0.4, 0.5) is 4.39 Å². The van der Waals surface area contributed by atoms with Crippen LogP contribution < -0.4 is 5.32 Å². The molecule has 88 valence electrons. The van der Waals surface area contributed by atoms with Gasteiger partial charge in [-0.05, 0) is 49.5 Å². The lowest BCUT2D eigenvalue weighted by Crippen LogP contribution is -2.26. The van der Waals surface area contributed by atoms with E-state index in [0.29, 0.717) is 5.92 Å². The Hall–Kier alpha value is -1.66. The molecule has 1 aliphatic heterocycles. The first-order valence-electron chi connectivity index (χ1n) is 5.88. The highest BCUT2D eigenvalue weighted by Crippen LogP contribution is 2.16. The van der Waals surface area contributed by atoms with E-state index in [1.54, 1.807) is 12.1 Å². The Morgan fingerprint density at radius 3 is 2.82 bits per heavy atom. The minimum Gasteiger partial charge on any atom is -0.317 e. The van der Waals surface area contributed by atoms with Gasteiger partial charge in [-0.1, -0.05) is 18.2 Å². The number of nitrogens with one attached hydrogen (secondary N) is 1. The highest BCUT2D eigenvalue weighted by molar-refractivity contribution is 5.52. The van der Waals surface area contributed by atoms with Gasteiger partial charge in [0.05, 0.1) is 5.56 Å². The summed E-state index contributed by atoms with van der Waals surface area (Å²) in [4.78, 5) is 0. The molecule has 0 atom stereocenters. The van der Waals surface area contributed by atoms with Crippen molar-refractivity contribution < 1.29 is 4.39 Å². The minimum atomic E-state index is -0.452. The van der Waals surface area contributed by atoms with E-state index in [0.717, 1.165) is 31.5 Å². The van der Waals surface area contributed by atoms with Crippen LogP contribution >= 0.6 is 0 Å². The molecular weight excluding hydrogens is 215 g/mol. The number of nitriles is 1. The third-order valence-corrected chi connectivity index (χ3v) is 3.06. The topological polar surface area (TPSA) is 35.8 Å². The second kappa shape index (κ2) is 5.60. The van der Waals surface area contributed by atoms with Crippen LogP contribution in [0.25, 0.3) is 6.08 Å². The monoisotopic (exact) mass is 230 g/mol. The number of halogens is 1. The lowest BCUT2D eigenvalue weighted by molar-refractivity contribution is 0.438. The molecule has 0 spiro atoms. The largest absolute Gasteiger partial charge is 0.317 e. The summed E-state index contributed by atoms with van der Waals surface area (Å²) in [6.07, 6.45) is 6.43. The second-order valence-electron chi connectivity index (χ2n) is 4.30. The van der Waals surface area contributed by atoms with Crippen LogP contribution in [0.3, 0.4) is 0 Å². The fourth-order valence-electron chi connectivity index (χ4n) is 2.02. The van der Waals surface area contributed by atoms with Gasteiger partial charge in [-0.25, -0.2) is 4.39 Å². The normalized spacial score (nSPS) is 17.2. The maximum atomic E-state index is 13.1. The molecule has 1 heterocycles. The number of rotatable bonds is 2. The standard InChI is InChI=1S/C14H15FN2/c15-14-4-3-12(9-13(14)10-16)2-1-11-5-7-17-8-6-11/h1-4,9,11,17H,5-8H2/b2-1+. The molecule has 0 bridgehead atoms. The van der Waals surface area contributed by atoms with Gasteiger partial charge in [0.25, 0.3) is 0 Å². The van der Waals surface area contributed by atoms with Crippen molar-refractivity contribution in [3.63, 3.8) is 0 Å². The summed E-state index contributed by atoms with van der Waals surface area (Å²) in [5, 5.41) is 12.0. The summed E-state index contributed by atoms with van der Waals surface area (Å²) in [6.45, 7) is 2.11. The van der Waals surface area contributed by atoms with E-state index in [4.69, 9.17) is 5.26 Å². The fraction of sp³-hybridized carbons (Fsp3) is 0.357. The van der Waals surface area contributed by atoms with Crippen LogP contribution in [0.15, 0.2) is 24.3 Å². The second-order valence-corrected chi connectivity index (χ2v) is 4.30. The Morgan fingerprint density at radius 1 is 1.35 bits per heavy atom. The highest BCUT2D eigenvalue weighted by Gasteiger charge is 2.09. The van der Waals surface area contributed by atoms with Crippen molar-refractivity contribution in [3.05, 3.63) is 41.2 Å². The molecule has 2 rings (SSSR count). The fourth-order valence-corrected chi connectivity index (χ4v) is 2.02. The zero-order valence-corrected chi connectivity index (χ0v) is 9.62. The van der Waals surface area contributed by atoms with E-state index >= 15 is 0 Å². The molecule has 1 saturated heterocycles. The Morgan fingerprint density at radius 2 is 2.12 bits per heavy atom. The van der Waals surface area contributed by atoms with Crippen molar-refractivity contribution in [2.75, 3.05) is 13.1 Å².